The van der Waals surface area contributed by atoms with Crippen LogP contribution in [0.2, 0.25) is 0 Å². The number of allylic oxidation sites excluding steroid dienone is 2. The van der Waals surface area contributed by atoms with Crippen molar-refractivity contribution in [2.45, 2.75) is 118 Å². The highest BCUT2D eigenvalue weighted by Gasteiger charge is 2.73. The molecule has 0 aliphatic heterocycles. The molecule has 4 fully saturated rings. The second-order valence-corrected chi connectivity index (χ2v) is 15.6. The summed E-state index contributed by atoms with van der Waals surface area (Å²) in [5, 5.41) is 43.6. The average molecular weight is 503 g/mol. The average Bonchev–Trinajstić information content (AvgIpc) is 2.77. The molecular formula is C31H50O5. The highest BCUT2D eigenvalue weighted by molar-refractivity contribution is 5.77. The fourth-order valence-electron chi connectivity index (χ4n) is 11.5. The van der Waals surface area contributed by atoms with Gasteiger partial charge in [0.05, 0.1) is 24.2 Å². The van der Waals surface area contributed by atoms with Crippen LogP contribution < -0.4 is 0 Å². The molecule has 5 heteroatoms. The minimum absolute atomic E-state index is 0.0382. The molecular weight excluding hydrogens is 452 g/mol. The number of fused-ring (bicyclic) bond motifs is 7. The standard InChI is InChI=1S/C31H50O5/c1-25(2)12-14-31(24(35)36)15-13-28(5)20(29(31,6)17-25)8-9-21-27(28,4)11-10-19-26(3,18-32)22(33)16-23(34)30(19,21)7/h8,19,21-23,32-34H,9-18H2,1-7H3,(H,35,36)/t19?,21?,22-,23+,26-,27+,28+,29-,30-,31?/m0/s1. The lowest BCUT2D eigenvalue weighted by atomic mass is 9.31. The third kappa shape index (κ3) is 2.86. The van der Waals surface area contributed by atoms with Gasteiger partial charge in [-0.05, 0) is 79.4 Å². The van der Waals surface area contributed by atoms with Crippen LogP contribution in [-0.2, 0) is 4.79 Å². The minimum atomic E-state index is -0.709. The molecule has 36 heavy (non-hydrogen) atoms. The molecule has 0 saturated heterocycles. The van der Waals surface area contributed by atoms with Gasteiger partial charge in [-0.25, -0.2) is 0 Å². The number of carboxylic acid groups (broad SMARTS) is 1. The number of carboxylic acids is 1. The van der Waals surface area contributed by atoms with E-state index in [1.54, 1.807) is 0 Å². The Balaban J connectivity index is 1.66. The van der Waals surface area contributed by atoms with Gasteiger partial charge in [-0.3, -0.25) is 4.79 Å². The van der Waals surface area contributed by atoms with Crippen LogP contribution in [0.25, 0.3) is 0 Å². The normalized spacial score (nSPS) is 55.9. The first-order valence-corrected chi connectivity index (χ1v) is 14.4. The summed E-state index contributed by atoms with van der Waals surface area (Å²) in [4.78, 5) is 13.0. The van der Waals surface area contributed by atoms with E-state index in [1.165, 1.54) is 5.57 Å². The fraction of sp³-hybridized carbons (Fsp3) is 0.903. The summed E-state index contributed by atoms with van der Waals surface area (Å²) in [6.07, 6.45) is 8.21. The van der Waals surface area contributed by atoms with E-state index in [2.05, 4.69) is 47.6 Å². The first kappa shape index (κ1) is 26.7. The van der Waals surface area contributed by atoms with Gasteiger partial charge in [-0.2, -0.15) is 0 Å². The van der Waals surface area contributed by atoms with Gasteiger partial charge in [0.1, 0.15) is 0 Å². The Morgan fingerprint density at radius 2 is 1.53 bits per heavy atom. The van der Waals surface area contributed by atoms with E-state index in [0.717, 1.165) is 44.9 Å². The molecule has 0 radical (unpaired) electrons. The molecule has 5 aliphatic rings. The Kier molecular flexibility index (Phi) is 5.63. The number of carbonyl (C=O) groups is 1. The lowest BCUT2D eigenvalue weighted by Crippen LogP contribution is -2.70. The van der Waals surface area contributed by atoms with Crippen LogP contribution in [0, 0.1) is 49.7 Å². The van der Waals surface area contributed by atoms with Crippen LogP contribution >= 0.6 is 0 Å². The summed E-state index contributed by atoms with van der Waals surface area (Å²) in [5.41, 5.74) is -0.886. The lowest BCUT2D eigenvalue weighted by molar-refractivity contribution is -0.256. The highest BCUT2D eigenvalue weighted by atomic mass is 16.4. The molecule has 4 N–H and O–H groups in total. The Morgan fingerprint density at radius 3 is 2.14 bits per heavy atom. The Bertz CT molecular complexity index is 987. The van der Waals surface area contributed by atoms with Crippen molar-refractivity contribution in [3.63, 3.8) is 0 Å². The highest BCUT2D eigenvalue weighted by Crippen LogP contribution is 2.78. The summed E-state index contributed by atoms with van der Waals surface area (Å²) in [6.45, 7) is 15.9. The third-order valence-electron chi connectivity index (χ3n) is 13.9. The molecule has 5 rings (SSSR count). The monoisotopic (exact) mass is 502 g/mol. The molecule has 0 amide bonds. The van der Waals surface area contributed by atoms with Gasteiger partial charge < -0.3 is 20.4 Å². The smallest absolute Gasteiger partial charge is 0.310 e. The molecule has 0 bridgehead atoms. The van der Waals surface area contributed by atoms with Gasteiger partial charge in [-0.1, -0.05) is 60.1 Å². The largest absolute Gasteiger partial charge is 0.481 e. The van der Waals surface area contributed by atoms with Crippen molar-refractivity contribution in [1.29, 1.82) is 0 Å². The molecule has 0 aromatic heterocycles. The zero-order chi connectivity index (χ0) is 26.7. The quantitative estimate of drug-likeness (QED) is 0.370. The van der Waals surface area contributed by atoms with Gasteiger partial charge >= 0.3 is 5.97 Å². The van der Waals surface area contributed by atoms with Gasteiger partial charge in [0.2, 0.25) is 0 Å². The van der Waals surface area contributed by atoms with Crippen molar-refractivity contribution in [3.05, 3.63) is 11.6 Å². The van der Waals surface area contributed by atoms with Crippen LogP contribution in [0.15, 0.2) is 11.6 Å². The first-order chi connectivity index (χ1) is 16.5. The zero-order valence-corrected chi connectivity index (χ0v) is 23.7. The van der Waals surface area contributed by atoms with E-state index in [1.807, 2.05) is 6.92 Å². The minimum Gasteiger partial charge on any atom is -0.481 e. The lowest BCUT2D eigenvalue weighted by Gasteiger charge is -2.73. The molecule has 0 aromatic carbocycles. The number of aliphatic hydroxyl groups is 3. The number of aliphatic carboxylic acids is 1. The van der Waals surface area contributed by atoms with E-state index in [9.17, 15) is 25.2 Å². The van der Waals surface area contributed by atoms with Crippen LogP contribution in [0.4, 0.5) is 0 Å². The zero-order valence-electron chi connectivity index (χ0n) is 23.7. The van der Waals surface area contributed by atoms with E-state index in [4.69, 9.17) is 0 Å². The number of rotatable bonds is 2. The molecule has 5 nitrogen and oxygen atoms in total. The summed E-state index contributed by atoms with van der Waals surface area (Å²) in [5.74, 6) is -0.374. The van der Waals surface area contributed by atoms with Crippen LogP contribution in [0.1, 0.15) is 106 Å². The maximum Gasteiger partial charge on any atom is 0.310 e. The molecule has 204 valence electrons. The van der Waals surface area contributed by atoms with Crippen LogP contribution in [0.3, 0.4) is 0 Å². The maximum absolute atomic E-state index is 13.0. The molecule has 0 heterocycles. The predicted molar refractivity (Wildman–Crippen MR) is 140 cm³/mol. The first-order valence-electron chi connectivity index (χ1n) is 14.4. The summed E-state index contributed by atoms with van der Waals surface area (Å²) < 4.78 is 0. The van der Waals surface area contributed by atoms with Crippen molar-refractivity contribution in [1.82, 2.24) is 0 Å². The van der Waals surface area contributed by atoms with Crippen LogP contribution in [0.5, 0.6) is 0 Å². The molecule has 4 saturated carbocycles. The molecule has 0 aromatic rings. The van der Waals surface area contributed by atoms with E-state index in [0.29, 0.717) is 12.8 Å². The predicted octanol–water partition coefficient (Wildman–Crippen LogP) is 5.57. The molecule has 3 unspecified atom stereocenters. The summed E-state index contributed by atoms with van der Waals surface area (Å²) in [7, 11) is 0. The van der Waals surface area contributed by atoms with Crippen molar-refractivity contribution in [3.8, 4) is 0 Å². The number of hydrogen-bond donors (Lipinski definition) is 4. The Morgan fingerprint density at radius 1 is 0.889 bits per heavy atom. The van der Waals surface area contributed by atoms with Gasteiger partial charge in [0.15, 0.2) is 0 Å². The molecule has 5 aliphatic carbocycles. The summed E-state index contributed by atoms with van der Waals surface area (Å²) >= 11 is 0. The molecule has 10 atom stereocenters. The van der Waals surface area contributed by atoms with Gasteiger partial charge in [0, 0.05) is 22.7 Å². The number of hydrogen-bond acceptors (Lipinski definition) is 4. The second kappa shape index (κ2) is 7.60. The van der Waals surface area contributed by atoms with E-state index < -0.39 is 34.4 Å². The van der Waals surface area contributed by atoms with Crippen molar-refractivity contribution >= 4 is 5.97 Å². The SMILES string of the molecule is CC1(C)CCC2(C(=O)O)CC[C@]3(C)C(=CCC4[C@]5(C)C(CC[C@]43C)[C@](C)(CO)[C@@H](O)C[C@H]5O)[C@]2(C)C1. The van der Waals surface area contributed by atoms with Gasteiger partial charge in [0.25, 0.3) is 0 Å². The third-order valence-corrected chi connectivity index (χ3v) is 13.9. The van der Waals surface area contributed by atoms with Crippen LogP contribution in [-0.4, -0.2) is 45.2 Å². The Hall–Kier alpha value is -0.910. The maximum atomic E-state index is 13.0. The van der Waals surface area contributed by atoms with E-state index >= 15 is 0 Å². The second-order valence-electron chi connectivity index (χ2n) is 15.6. The van der Waals surface area contributed by atoms with Gasteiger partial charge in [-0.15, -0.1) is 0 Å². The number of aliphatic hydroxyl groups excluding tert-OH is 3. The van der Waals surface area contributed by atoms with E-state index in [-0.39, 0.29) is 40.1 Å². The van der Waals surface area contributed by atoms with Crippen molar-refractivity contribution in [2.24, 2.45) is 49.7 Å². The topological polar surface area (TPSA) is 98.0 Å². The Labute approximate surface area is 217 Å². The summed E-state index contributed by atoms with van der Waals surface area (Å²) in [6, 6.07) is 0. The fourth-order valence-corrected chi connectivity index (χ4v) is 11.5. The molecule has 0 spiro atoms. The van der Waals surface area contributed by atoms with Crippen molar-refractivity contribution in [2.75, 3.05) is 6.61 Å². The van der Waals surface area contributed by atoms with Crippen molar-refractivity contribution < 1.29 is 25.2 Å².